The predicted molar refractivity (Wildman–Crippen MR) is 87.6 cm³/mol. The molecule has 3 N–H and O–H groups in total. The third-order valence-electron chi connectivity index (χ3n) is 2.25. The van der Waals surface area contributed by atoms with E-state index in [9.17, 15) is 0 Å². The molecule has 2 aromatic rings. The highest BCUT2D eigenvalue weighted by Gasteiger charge is 2.08. The van der Waals surface area contributed by atoms with E-state index >= 15 is 0 Å². The minimum Gasteiger partial charge on any atom is -0.389 e. The van der Waals surface area contributed by atoms with Crippen LogP contribution in [0.3, 0.4) is 0 Å². The van der Waals surface area contributed by atoms with Crippen LogP contribution in [0.4, 0.5) is 11.5 Å². The van der Waals surface area contributed by atoms with Crippen molar-refractivity contribution in [1.29, 1.82) is 0 Å². The van der Waals surface area contributed by atoms with Crippen LogP contribution in [-0.2, 0) is 0 Å². The van der Waals surface area contributed by atoms with E-state index in [-0.39, 0.29) is 0 Å². The molecule has 0 aliphatic rings. The summed E-state index contributed by atoms with van der Waals surface area (Å²) < 4.78 is 1.08. The summed E-state index contributed by atoms with van der Waals surface area (Å²) >= 11 is 13.3. The molecule has 0 amide bonds. The van der Waals surface area contributed by atoms with Crippen LogP contribution in [0, 0.1) is 3.57 Å². The molecule has 0 aliphatic carbocycles. The van der Waals surface area contributed by atoms with Crippen molar-refractivity contribution in [3.63, 3.8) is 0 Å². The summed E-state index contributed by atoms with van der Waals surface area (Å²) in [4.78, 5) is 4.52. The number of thiocarbonyl (C=S) groups is 1. The Morgan fingerprint density at radius 2 is 2.17 bits per heavy atom. The minimum atomic E-state index is 0.298. The van der Waals surface area contributed by atoms with E-state index in [0.717, 1.165) is 9.26 Å². The smallest absolute Gasteiger partial charge is 0.140 e. The van der Waals surface area contributed by atoms with Gasteiger partial charge in [-0.15, -0.1) is 0 Å². The van der Waals surface area contributed by atoms with Gasteiger partial charge in [-0.2, -0.15) is 0 Å². The number of nitrogens with zero attached hydrogens (tertiary/aromatic N) is 1. The average molecular weight is 390 g/mol. The monoisotopic (exact) mass is 389 g/mol. The number of anilines is 2. The first kappa shape index (κ1) is 13.5. The lowest BCUT2D eigenvalue weighted by atomic mass is 10.2. The SMILES string of the molecule is NC(=S)c1cccnc1Nc1cc(I)ccc1Cl. The second-order valence-corrected chi connectivity index (χ2v) is 5.61. The maximum absolute atomic E-state index is 6.12. The van der Waals surface area contributed by atoms with Gasteiger partial charge in [0.25, 0.3) is 0 Å². The number of benzene rings is 1. The van der Waals surface area contributed by atoms with Gasteiger partial charge in [-0.25, -0.2) is 4.98 Å². The number of pyridine rings is 1. The van der Waals surface area contributed by atoms with Crippen molar-refractivity contribution < 1.29 is 0 Å². The van der Waals surface area contributed by atoms with Gasteiger partial charge in [-0.3, -0.25) is 0 Å². The van der Waals surface area contributed by atoms with Crippen LogP contribution in [0.25, 0.3) is 0 Å². The Kier molecular flexibility index (Phi) is 4.36. The number of nitrogens with one attached hydrogen (secondary N) is 1. The highest BCUT2D eigenvalue weighted by Crippen LogP contribution is 2.27. The molecule has 1 aromatic heterocycles. The molecule has 0 fully saturated rings. The Labute approximate surface area is 129 Å². The van der Waals surface area contributed by atoms with Gasteiger partial charge < -0.3 is 11.1 Å². The third kappa shape index (κ3) is 3.09. The molecule has 0 unspecified atom stereocenters. The van der Waals surface area contributed by atoms with Crippen molar-refractivity contribution in [2.24, 2.45) is 5.73 Å². The molecule has 0 bridgehead atoms. The third-order valence-corrected chi connectivity index (χ3v) is 3.48. The zero-order valence-corrected chi connectivity index (χ0v) is 12.9. The Morgan fingerprint density at radius 1 is 1.39 bits per heavy atom. The lowest BCUT2D eigenvalue weighted by Gasteiger charge is -2.11. The molecule has 0 atom stereocenters. The van der Waals surface area contributed by atoms with Crippen molar-refractivity contribution in [1.82, 2.24) is 4.98 Å². The second kappa shape index (κ2) is 5.81. The summed E-state index contributed by atoms with van der Waals surface area (Å²) in [5.41, 5.74) is 7.13. The van der Waals surface area contributed by atoms with Crippen molar-refractivity contribution >= 4 is 62.9 Å². The molecule has 2 rings (SSSR count). The summed E-state index contributed by atoms with van der Waals surface area (Å²) in [7, 11) is 0. The summed E-state index contributed by atoms with van der Waals surface area (Å²) in [5.74, 6) is 0.605. The summed E-state index contributed by atoms with van der Waals surface area (Å²) in [6, 6.07) is 9.30. The van der Waals surface area contributed by atoms with Crippen molar-refractivity contribution in [2.75, 3.05) is 5.32 Å². The van der Waals surface area contributed by atoms with Crippen molar-refractivity contribution in [2.45, 2.75) is 0 Å². The lowest BCUT2D eigenvalue weighted by Crippen LogP contribution is -2.12. The van der Waals surface area contributed by atoms with E-state index < -0.39 is 0 Å². The average Bonchev–Trinajstić information content (AvgIpc) is 2.34. The van der Waals surface area contributed by atoms with Crippen molar-refractivity contribution in [3.8, 4) is 0 Å². The van der Waals surface area contributed by atoms with Gasteiger partial charge in [0, 0.05) is 9.77 Å². The number of hydrogen-bond donors (Lipinski definition) is 2. The molecular weight excluding hydrogens is 381 g/mol. The Hall–Kier alpha value is -0.920. The molecule has 0 saturated heterocycles. The fourth-order valence-corrected chi connectivity index (χ4v) is 2.25. The fourth-order valence-electron chi connectivity index (χ4n) is 1.42. The van der Waals surface area contributed by atoms with Crippen molar-refractivity contribution in [3.05, 3.63) is 50.7 Å². The Bertz CT molecular complexity index is 604. The molecular formula is C12H9ClIN3S. The van der Waals surface area contributed by atoms with E-state index in [1.54, 1.807) is 12.3 Å². The van der Waals surface area contributed by atoms with Gasteiger partial charge in [0.1, 0.15) is 10.8 Å². The fraction of sp³-hybridized carbons (Fsp3) is 0. The van der Waals surface area contributed by atoms with Crippen LogP contribution in [0.1, 0.15) is 5.56 Å². The van der Waals surface area contributed by atoms with Gasteiger partial charge in [0.2, 0.25) is 0 Å². The highest BCUT2D eigenvalue weighted by molar-refractivity contribution is 14.1. The molecule has 6 heteroatoms. The highest BCUT2D eigenvalue weighted by atomic mass is 127. The molecule has 0 aliphatic heterocycles. The molecule has 0 spiro atoms. The van der Waals surface area contributed by atoms with E-state index in [4.69, 9.17) is 29.6 Å². The molecule has 18 heavy (non-hydrogen) atoms. The van der Waals surface area contributed by atoms with E-state index in [2.05, 4.69) is 32.9 Å². The summed E-state index contributed by atoms with van der Waals surface area (Å²) in [5, 5.41) is 3.77. The van der Waals surface area contributed by atoms with Gasteiger partial charge in [-0.05, 0) is 52.9 Å². The quantitative estimate of drug-likeness (QED) is 0.620. The van der Waals surface area contributed by atoms with E-state index in [1.807, 2.05) is 24.3 Å². The van der Waals surface area contributed by atoms with Crippen LogP contribution >= 0.6 is 46.4 Å². The van der Waals surface area contributed by atoms with Gasteiger partial charge in [0.15, 0.2) is 0 Å². The zero-order chi connectivity index (χ0) is 13.1. The normalized spacial score (nSPS) is 10.1. The van der Waals surface area contributed by atoms with Crippen LogP contribution in [0.2, 0.25) is 5.02 Å². The molecule has 3 nitrogen and oxygen atoms in total. The number of rotatable bonds is 3. The zero-order valence-electron chi connectivity index (χ0n) is 9.15. The second-order valence-electron chi connectivity index (χ2n) is 3.51. The minimum absolute atomic E-state index is 0.298. The van der Waals surface area contributed by atoms with Gasteiger partial charge >= 0.3 is 0 Å². The van der Waals surface area contributed by atoms with Crippen LogP contribution in [-0.4, -0.2) is 9.97 Å². The maximum atomic E-state index is 6.12. The molecule has 0 radical (unpaired) electrons. The maximum Gasteiger partial charge on any atom is 0.140 e. The largest absolute Gasteiger partial charge is 0.389 e. The lowest BCUT2D eigenvalue weighted by molar-refractivity contribution is 1.29. The number of halogens is 2. The summed E-state index contributed by atoms with van der Waals surface area (Å²) in [6.45, 7) is 0. The first-order chi connectivity index (χ1) is 8.58. The first-order valence-corrected chi connectivity index (χ1v) is 6.91. The van der Waals surface area contributed by atoms with Crippen LogP contribution in [0.15, 0.2) is 36.5 Å². The molecule has 1 heterocycles. The Morgan fingerprint density at radius 3 is 2.89 bits per heavy atom. The first-order valence-electron chi connectivity index (χ1n) is 5.05. The molecule has 1 aromatic carbocycles. The number of hydrogen-bond acceptors (Lipinski definition) is 3. The standard InChI is InChI=1S/C12H9ClIN3S/c13-9-4-3-7(14)6-10(9)17-12-8(11(15)18)2-1-5-16-12/h1-6H,(H2,15,18)(H,16,17). The topological polar surface area (TPSA) is 50.9 Å². The number of nitrogens with two attached hydrogens (primary N) is 1. The van der Waals surface area contributed by atoms with Gasteiger partial charge in [0.05, 0.1) is 16.3 Å². The predicted octanol–water partition coefficient (Wildman–Crippen LogP) is 3.72. The van der Waals surface area contributed by atoms with E-state index in [1.165, 1.54) is 0 Å². The Balaban J connectivity index is 2.40. The number of aromatic nitrogens is 1. The molecule has 0 saturated carbocycles. The van der Waals surface area contributed by atoms with Crippen LogP contribution < -0.4 is 11.1 Å². The van der Waals surface area contributed by atoms with Crippen LogP contribution in [0.5, 0.6) is 0 Å². The van der Waals surface area contributed by atoms with Gasteiger partial charge in [-0.1, -0.05) is 23.8 Å². The summed E-state index contributed by atoms with van der Waals surface area (Å²) in [6.07, 6.45) is 1.67. The molecule has 92 valence electrons. The van der Waals surface area contributed by atoms with E-state index in [0.29, 0.717) is 21.4 Å².